The number of ether oxygens (including phenoxy) is 1. The van der Waals surface area contributed by atoms with Crippen LogP contribution in [0, 0.1) is 0 Å². The summed E-state index contributed by atoms with van der Waals surface area (Å²) in [5, 5.41) is 20.9. The topological polar surface area (TPSA) is 113 Å². The molecule has 0 aliphatic carbocycles. The van der Waals surface area contributed by atoms with Crippen LogP contribution in [-0.2, 0) is 14.3 Å². The molecule has 0 fully saturated rings. The lowest BCUT2D eigenvalue weighted by Crippen LogP contribution is -2.41. The van der Waals surface area contributed by atoms with Gasteiger partial charge in [0, 0.05) is 6.42 Å². The van der Waals surface area contributed by atoms with E-state index in [1.807, 2.05) is 0 Å². The minimum absolute atomic E-state index is 0.0279. The molecule has 1 atom stereocenters. The van der Waals surface area contributed by atoms with Crippen LogP contribution < -0.4 is 5.32 Å². The zero-order valence-electron chi connectivity index (χ0n) is 11.5. The number of phenolic OH excluding ortho intramolecular Hbond substituents is 1. The van der Waals surface area contributed by atoms with Crippen LogP contribution in [0.2, 0.25) is 0 Å². The van der Waals surface area contributed by atoms with E-state index in [1.54, 1.807) is 19.1 Å². The van der Waals surface area contributed by atoms with Crippen LogP contribution in [-0.4, -0.2) is 40.7 Å². The Kier molecular flexibility index (Phi) is 6.19. The maximum atomic E-state index is 11.9. The fraction of sp³-hybridized carbons (Fsp3) is 0.357. The lowest BCUT2D eigenvalue weighted by Gasteiger charge is -2.14. The maximum Gasteiger partial charge on any atom is 0.326 e. The zero-order valence-corrected chi connectivity index (χ0v) is 11.5. The van der Waals surface area contributed by atoms with E-state index < -0.39 is 23.9 Å². The molecule has 0 spiro atoms. The number of carbonyl (C=O) groups excluding carboxylic acids is 2. The van der Waals surface area contributed by atoms with Gasteiger partial charge in [-0.2, -0.15) is 0 Å². The summed E-state index contributed by atoms with van der Waals surface area (Å²) < 4.78 is 4.70. The molecule has 0 heterocycles. The monoisotopic (exact) mass is 295 g/mol. The Hall–Kier alpha value is -2.57. The van der Waals surface area contributed by atoms with Crippen molar-refractivity contribution in [3.05, 3.63) is 29.8 Å². The molecule has 0 bridgehead atoms. The Morgan fingerprint density at radius 1 is 1.29 bits per heavy atom. The van der Waals surface area contributed by atoms with E-state index in [2.05, 4.69) is 5.32 Å². The number of aromatic hydroxyl groups is 1. The highest BCUT2D eigenvalue weighted by Gasteiger charge is 2.23. The van der Waals surface area contributed by atoms with Gasteiger partial charge in [-0.05, 0) is 25.5 Å². The predicted octanol–water partition coefficient (Wildman–Crippen LogP) is 0.918. The van der Waals surface area contributed by atoms with E-state index >= 15 is 0 Å². The number of phenols is 1. The number of esters is 1. The van der Waals surface area contributed by atoms with Crippen LogP contribution >= 0.6 is 0 Å². The van der Waals surface area contributed by atoms with Gasteiger partial charge in [0.15, 0.2) is 0 Å². The number of para-hydroxylation sites is 1. The molecule has 1 aromatic rings. The Labute approximate surface area is 121 Å². The molecule has 1 amide bonds. The van der Waals surface area contributed by atoms with E-state index in [0.717, 1.165) is 0 Å². The van der Waals surface area contributed by atoms with Gasteiger partial charge in [0.25, 0.3) is 5.91 Å². The molecule has 114 valence electrons. The molecule has 0 radical (unpaired) electrons. The summed E-state index contributed by atoms with van der Waals surface area (Å²) in [6.45, 7) is 1.85. The smallest absolute Gasteiger partial charge is 0.326 e. The minimum atomic E-state index is -1.26. The summed E-state index contributed by atoms with van der Waals surface area (Å²) in [6.07, 6.45) is -0.209. The highest BCUT2D eigenvalue weighted by atomic mass is 16.5. The van der Waals surface area contributed by atoms with Crippen molar-refractivity contribution in [2.45, 2.75) is 25.8 Å². The number of benzene rings is 1. The van der Waals surface area contributed by atoms with E-state index in [9.17, 15) is 19.5 Å². The molecular weight excluding hydrogens is 278 g/mol. The highest BCUT2D eigenvalue weighted by Crippen LogP contribution is 2.15. The zero-order chi connectivity index (χ0) is 15.8. The van der Waals surface area contributed by atoms with Crippen LogP contribution in [0.25, 0.3) is 0 Å². The summed E-state index contributed by atoms with van der Waals surface area (Å²) in [6, 6.07) is 4.55. The van der Waals surface area contributed by atoms with Crippen LogP contribution in [0.3, 0.4) is 0 Å². The largest absolute Gasteiger partial charge is 0.507 e. The van der Waals surface area contributed by atoms with Crippen molar-refractivity contribution in [2.75, 3.05) is 6.61 Å². The second-order valence-corrected chi connectivity index (χ2v) is 4.23. The van der Waals surface area contributed by atoms with E-state index in [-0.39, 0.29) is 30.8 Å². The van der Waals surface area contributed by atoms with E-state index in [4.69, 9.17) is 9.84 Å². The third kappa shape index (κ3) is 5.13. The Bertz CT molecular complexity index is 528. The average molecular weight is 295 g/mol. The van der Waals surface area contributed by atoms with Crippen molar-refractivity contribution < 1.29 is 29.3 Å². The summed E-state index contributed by atoms with van der Waals surface area (Å²) in [7, 11) is 0. The van der Waals surface area contributed by atoms with Gasteiger partial charge in [-0.1, -0.05) is 12.1 Å². The number of carboxylic acid groups (broad SMARTS) is 1. The SMILES string of the molecule is CCOC(=O)CC[C@H](NC(=O)c1ccccc1O)C(=O)O. The number of rotatable bonds is 7. The van der Waals surface area contributed by atoms with Crippen molar-refractivity contribution in [1.82, 2.24) is 5.32 Å². The molecule has 7 heteroatoms. The van der Waals surface area contributed by atoms with Gasteiger partial charge >= 0.3 is 11.9 Å². The average Bonchev–Trinajstić information content (AvgIpc) is 2.43. The number of nitrogens with one attached hydrogen (secondary N) is 1. The molecule has 1 rings (SSSR count). The van der Waals surface area contributed by atoms with Gasteiger partial charge in [-0.15, -0.1) is 0 Å². The number of hydrogen-bond donors (Lipinski definition) is 3. The first kappa shape index (κ1) is 16.5. The maximum absolute atomic E-state index is 11.9. The number of carboxylic acids is 1. The van der Waals surface area contributed by atoms with E-state index in [1.165, 1.54) is 12.1 Å². The first-order valence-electron chi connectivity index (χ1n) is 6.43. The van der Waals surface area contributed by atoms with Gasteiger partial charge in [0.1, 0.15) is 11.8 Å². The van der Waals surface area contributed by atoms with Gasteiger partial charge < -0.3 is 20.3 Å². The fourth-order valence-corrected chi connectivity index (χ4v) is 1.65. The Balaban J connectivity index is 2.66. The van der Waals surface area contributed by atoms with Gasteiger partial charge in [0.05, 0.1) is 12.2 Å². The Morgan fingerprint density at radius 3 is 2.52 bits per heavy atom. The number of aliphatic carboxylic acids is 1. The van der Waals surface area contributed by atoms with Gasteiger partial charge in [0.2, 0.25) is 0 Å². The summed E-state index contributed by atoms with van der Waals surface area (Å²) in [5.41, 5.74) is -0.0279. The van der Waals surface area contributed by atoms with Gasteiger partial charge in [-0.3, -0.25) is 9.59 Å². The lowest BCUT2D eigenvalue weighted by molar-refractivity contribution is -0.144. The highest BCUT2D eigenvalue weighted by molar-refractivity contribution is 5.98. The first-order valence-corrected chi connectivity index (χ1v) is 6.43. The normalized spacial score (nSPS) is 11.5. The number of hydrogen-bond acceptors (Lipinski definition) is 5. The minimum Gasteiger partial charge on any atom is -0.507 e. The molecule has 7 nitrogen and oxygen atoms in total. The van der Waals surface area contributed by atoms with Crippen molar-refractivity contribution in [1.29, 1.82) is 0 Å². The van der Waals surface area contributed by atoms with Crippen molar-refractivity contribution >= 4 is 17.8 Å². The van der Waals surface area contributed by atoms with Crippen LogP contribution in [0.15, 0.2) is 24.3 Å². The van der Waals surface area contributed by atoms with Crippen molar-refractivity contribution in [2.24, 2.45) is 0 Å². The van der Waals surface area contributed by atoms with Gasteiger partial charge in [-0.25, -0.2) is 4.79 Å². The molecule has 0 aliphatic rings. The van der Waals surface area contributed by atoms with Crippen LogP contribution in [0.5, 0.6) is 5.75 Å². The molecule has 0 aliphatic heterocycles. The molecular formula is C14H17NO6. The molecule has 1 aromatic carbocycles. The number of carbonyl (C=O) groups is 3. The van der Waals surface area contributed by atoms with Crippen molar-refractivity contribution in [3.8, 4) is 5.75 Å². The van der Waals surface area contributed by atoms with Crippen molar-refractivity contribution in [3.63, 3.8) is 0 Å². The molecule has 0 saturated heterocycles. The Morgan fingerprint density at radius 2 is 1.95 bits per heavy atom. The molecule has 0 saturated carbocycles. The first-order chi connectivity index (χ1) is 9.95. The van der Waals surface area contributed by atoms with Crippen LogP contribution in [0.4, 0.5) is 0 Å². The third-order valence-electron chi connectivity index (χ3n) is 2.69. The quantitative estimate of drug-likeness (QED) is 0.645. The fourth-order valence-electron chi connectivity index (χ4n) is 1.65. The molecule has 0 unspecified atom stereocenters. The van der Waals surface area contributed by atoms with E-state index in [0.29, 0.717) is 0 Å². The lowest BCUT2D eigenvalue weighted by atomic mass is 10.1. The van der Waals surface area contributed by atoms with Crippen LogP contribution in [0.1, 0.15) is 30.1 Å². The summed E-state index contributed by atoms with van der Waals surface area (Å²) in [4.78, 5) is 34.2. The molecule has 3 N–H and O–H groups in total. The second kappa shape index (κ2) is 7.88. The second-order valence-electron chi connectivity index (χ2n) is 4.23. The molecule has 21 heavy (non-hydrogen) atoms. The molecule has 0 aromatic heterocycles. The number of amides is 1. The summed E-state index contributed by atoms with van der Waals surface area (Å²) in [5.74, 6) is -2.75. The standard InChI is InChI=1S/C14H17NO6/c1-2-21-12(17)8-7-10(14(19)20)15-13(18)9-5-3-4-6-11(9)16/h3-6,10,16H,2,7-8H2,1H3,(H,15,18)(H,19,20)/t10-/m0/s1. The predicted molar refractivity (Wildman–Crippen MR) is 72.9 cm³/mol. The third-order valence-corrected chi connectivity index (χ3v) is 2.69. The summed E-state index contributed by atoms with van der Waals surface area (Å²) >= 11 is 0.